The first-order chi connectivity index (χ1) is 12.6. The van der Waals surface area contributed by atoms with Crippen molar-refractivity contribution in [3.05, 3.63) is 66.0 Å². The molecule has 3 aliphatic heterocycles. The van der Waals surface area contributed by atoms with Gasteiger partial charge in [-0.3, -0.25) is 4.84 Å². The first kappa shape index (κ1) is 17.0. The smallest absolute Gasteiger partial charge is 0.368 e. The summed E-state index contributed by atoms with van der Waals surface area (Å²) < 4.78 is 14.0. The molecule has 2 bridgehead atoms. The van der Waals surface area contributed by atoms with Gasteiger partial charge in [0.1, 0.15) is 25.5 Å². The maximum atomic E-state index is 13.6. The van der Waals surface area contributed by atoms with E-state index < -0.39 is 6.04 Å². The molecule has 1 unspecified atom stereocenters. The lowest BCUT2D eigenvalue weighted by Crippen LogP contribution is -2.59. The molecule has 3 saturated heterocycles. The third-order valence-electron chi connectivity index (χ3n) is 5.62. The molecule has 0 amide bonds. The second-order valence-corrected chi connectivity index (χ2v) is 7.37. The molecule has 2 aromatic carbocycles. The second-order valence-electron chi connectivity index (χ2n) is 7.37. The van der Waals surface area contributed by atoms with Gasteiger partial charge in [-0.15, -0.1) is 4.65 Å². The van der Waals surface area contributed by atoms with Crippen LogP contribution < -0.4 is 5.32 Å². The zero-order valence-electron chi connectivity index (χ0n) is 14.7. The van der Waals surface area contributed by atoms with Crippen LogP contribution >= 0.6 is 0 Å². The van der Waals surface area contributed by atoms with Gasteiger partial charge in [0.05, 0.1) is 0 Å². The van der Waals surface area contributed by atoms with Crippen molar-refractivity contribution in [2.24, 2.45) is 5.92 Å². The van der Waals surface area contributed by atoms with Crippen molar-refractivity contribution in [1.82, 2.24) is 0 Å². The van der Waals surface area contributed by atoms with Crippen molar-refractivity contribution in [3.8, 4) is 0 Å². The van der Waals surface area contributed by atoms with E-state index in [1.807, 2.05) is 30.3 Å². The molecule has 0 spiro atoms. The Kier molecular flexibility index (Phi) is 4.64. The minimum absolute atomic E-state index is 0.305. The van der Waals surface area contributed by atoms with Gasteiger partial charge in [0.2, 0.25) is 0 Å². The Morgan fingerprint density at radius 2 is 1.73 bits per heavy atom. The van der Waals surface area contributed by atoms with Crippen molar-refractivity contribution in [2.45, 2.75) is 25.3 Å². The average molecular weight is 355 g/mol. The van der Waals surface area contributed by atoms with E-state index >= 15 is 0 Å². The van der Waals surface area contributed by atoms with Gasteiger partial charge in [-0.25, -0.2) is 9.18 Å². The van der Waals surface area contributed by atoms with E-state index in [0.717, 1.165) is 50.4 Å². The number of quaternary nitrogens is 1. The number of anilines is 1. The van der Waals surface area contributed by atoms with Crippen LogP contribution in [-0.2, 0) is 9.63 Å². The molecule has 5 rings (SSSR count). The highest BCUT2D eigenvalue weighted by Gasteiger charge is 2.45. The molecule has 1 atom stereocenters. The molecular weight excluding hydrogens is 331 g/mol. The van der Waals surface area contributed by atoms with Gasteiger partial charge in [0, 0.05) is 24.9 Å². The average Bonchev–Trinajstić information content (AvgIpc) is 2.68. The van der Waals surface area contributed by atoms with Gasteiger partial charge in [0.15, 0.2) is 6.04 Å². The number of hydrogen-bond donors (Lipinski definition) is 1. The van der Waals surface area contributed by atoms with Gasteiger partial charge in [-0.2, -0.15) is 0 Å². The number of fused-ring (bicyclic) bond motifs is 3. The number of nitrogens with one attached hydrogen (secondary N) is 1. The lowest BCUT2D eigenvalue weighted by molar-refractivity contribution is -1.10. The number of rotatable bonds is 5. The Labute approximate surface area is 153 Å². The fourth-order valence-corrected chi connectivity index (χ4v) is 4.07. The normalized spacial score (nSPS) is 25.5. The molecular formula is C21H24FN2O2+. The molecule has 4 nitrogen and oxygen atoms in total. The molecule has 1 N–H and O–H groups in total. The van der Waals surface area contributed by atoms with Crippen LogP contribution in [0, 0.1) is 11.7 Å². The van der Waals surface area contributed by atoms with Crippen LogP contribution in [0.15, 0.2) is 54.6 Å². The molecule has 136 valence electrons. The highest BCUT2D eigenvalue weighted by atomic mass is 19.1. The molecule has 0 aliphatic carbocycles. The molecule has 3 heterocycles. The fraction of sp³-hybridized carbons (Fsp3) is 0.381. The number of carbonyl (C=O) groups excluding carboxylic acids is 1. The number of halogens is 1. The molecule has 0 radical (unpaired) electrons. The van der Waals surface area contributed by atoms with E-state index in [9.17, 15) is 9.18 Å². The lowest BCUT2D eigenvalue weighted by atomic mass is 9.88. The van der Waals surface area contributed by atoms with Gasteiger partial charge in [-0.1, -0.05) is 36.4 Å². The van der Waals surface area contributed by atoms with E-state index in [-0.39, 0.29) is 11.8 Å². The topological polar surface area (TPSA) is 38.3 Å². The summed E-state index contributed by atoms with van der Waals surface area (Å²) >= 11 is 0. The first-order valence-corrected chi connectivity index (χ1v) is 9.30. The van der Waals surface area contributed by atoms with Crippen molar-refractivity contribution >= 4 is 11.7 Å². The lowest BCUT2D eigenvalue weighted by Gasteiger charge is -2.45. The maximum Gasteiger partial charge on any atom is 0.393 e. The number of piperidine rings is 3. The van der Waals surface area contributed by atoms with Crippen molar-refractivity contribution in [1.29, 1.82) is 0 Å². The zero-order valence-corrected chi connectivity index (χ0v) is 14.7. The summed E-state index contributed by atoms with van der Waals surface area (Å²) in [4.78, 5) is 19.1. The third kappa shape index (κ3) is 3.58. The Morgan fingerprint density at radius 1 is 1.04 bits per heavy atom. The van der Waals surface area contributed by atoms with Crippen molar-refractivity contribution < 1.29 is 18.7 Å². The maximum absolute atomic E-state index is 13.6. The molecule has 5 heteroatoms. The number of benzene rings is 2. The summed E-state index contributed by atoms with van der Waals surface area (Å²) in [6, 6.07) is 15.0. The predicted molar refractivity (Wildman–Crippen MR) is 97.5 cm³/mol. The standard InChI is InChI=1S/C21H24FN2O2/c22-18-7-4-8-19(15-18)23-20(17-5-2-1-3-6-17)21(25)26-24-12-9-16(10-13-24)11-14-24/h1-8,15-16,20,23H,9-14H2/q+1. The number of hydroxylamine groups is 3. The number of hydrogen-bond acceptors (Lipinski definition) is 3. The Hall–Kier alpha value is -2.40. The van der Waals surface area contributed by atoms with E-state index in [1.54, 1.807) is 12.1 Å². The van der Waals surface area contributed by atoms with Crippen LogP contribution in [-0.4, -0.2) is 30.2 Å². The highest BCUT2D eigenvalue weighted by molar-refractivity contribution is 5.80. The molecule has 0 saturated carbocycles. The second kappa shape index (κ2) is 7.08. The third-order valence-corrected chi connectivity index (χ3v) is 5.62. The van der Waals surface area contributed by atoms with Crippen molar-refractivity contribution in [2.75, 3.05) is 25.0 Å². The van der Waals surface area contributed by atoms with E-state index in [2.05, 4.69) is 5.32 Å². The van der Waals surface area contributed by atoms with Crippen LogP contribution in [0.2, 0.25) is 0 Å². The van der Waals surface area contributed by atoms with E-state index in [1.165, 1.54) is 12.1 Å². The van der Waals surface area contributed by atoms with E-state index in [4.69, 9.17) is 4.84 Å². The highest BCUT2D eigenvalue weighted by Crippen LogP contribution is 2.35. The monoisotopic (exact) mass is 355 g/mol. The Bertz CT molecular complexity index is 759. The summed E-state index contributed by atoms with van der Waals surface area (Å²) in [5.41, 5.74) is 1.38. The molecule has 3 aliphatic rings. The van der Waals surface area contributed by atoms with Gasteiger partial charge >= 0.3 is 5.97 Å². The predicted octanol–water partition coefficient (Wildman–Crippen LogP) is 4.07. The molecule has 0 aromatic heterocycles. The SMILES string of the molecule is O=C(O[N+]12CCC(CC1)CC2)C(Nc1cccc(F)c1)c1ccccc1. The summed E-state index contributed by atoms with van der Waals surface area (Å²) in [6.45, 7) is 2.70. The summed E-state index contributed by atoms with van der Waals surface area (Å²) in [5.74, 6) is 0.153. The summed E-state index contributed by atoms with van der Waals surface area (Å²) in [6.07, 6.45) is 3.38. The minimum atomic E-state index is -0.662. The van der Waals surface area contributed by atoms with Gasteiger partial charge in [-0.05, 0) is 29.7 Å². The first-order valence-electron chi connectivity index (χ1n) is 9.30. The molecule has 26 heavy (non-hydrogen) atoms. The Balaban J connectivity index is 1.57. The quantitative estimate of drug-likeness (QED) is 0.822. The largest absolute Gasteiger partial charge is 0.393 e. The van der Waals surface area contributed by atoms with Gasteiger partial charge in [0.25, 0.3) is 0 Å². The van der Waals surface area contributed by atoms with Crippen LogP contribution in [0.25, 0.3) is 0 Å². The molecule has 2 aromatic rings. The fourth-order valence-electron chi connectivity index (χ4n) is 4.07. The summed E-state index contributed by atoms with van der Waals surface area (Å²) in [7, 11) is 0. The minimum Gasteiger partial charge on any atom is -0.368 e. The summed E-state index contributed by atoms with van der Waals surface area (Å²) in [5, 5.41) is 3.16. The van der Waals surface area contributed by atoms with E-state index in [0.29, 0.717) is 10.3 Å². The van der Waals surface area contributed by atoms with Crippen LogP contribution in [0.4, 0.5) is 10.1 Å². The molecule has 3 fully saturated rings. The van der Waals surface area contributed by atoms with Crippen molar-refractivity contribution in [3.63, 3.8) is 0 Å². The number of nitrogens with zero attached hydrogens (tertiary/aromatic N) is 1. The zero-order chi connectivity index (χ0) is 18.0. The Morgan fingerprint density at radius 3 is 2.38 bits per heavy atom. The van der Waals surface area contributed by atoms with Crippen LogP contribution in [0.3, 0.4) is 0 Å². The van der Waals surface area contributed by atoms with Crippen LogP contribution in [0.5, 0.6) is 0 Å². The van der Waals surface area contributed by atoms with Crippen LogP contribution in [0.1, 0.15) is 30.9 Å². The van der Waals surface area contributed by atoms with Gasteiger partial charge < -0.3 is 5.32 Å². The number of carbonyl (C=O) groups is 1.